The first-order chi connectivity index (χ1) is 14.6. The second-order valence-electron chi connectivity index (χ2n) is 10.3. The van der Waals surface area contributed by atoms with Gasteiger partial charge in [-0.15, -0.1) is 0 Å². The molecule has 2 bridgehead atoms. The van der Waals surface area contributed by atoms with E-state index < -0.39 is 23.7 Å². The summed E-state index contributed by atoms with van der Waals surface area (Å²) in [5, 5.41) is 0. The first-order valence-corrected chi connectivity index (χ1v) is 12.0. The van der Waals surface area contributed by atoms with Gasteiger partial charge in [0, 0.05) is 23.9 Å². The predicted octanol–water partition coefficient (Wildman–Crippen LogP) is 2.67. The van der Waals surface area contributed by atoms with Crippen LogP contribution in [0.15, 0.2) is 12.2 Å². The number of imide groups is 2. The highest BCUT2D eigenvalue weighted by atomic mass is 16.2. The molecule has 0 unspecified atom stereocenters. The number of allylic oxidation sites excluding steroid dienone is 2. The van der Waals surface area contributed by atoms with Crippen molar-refractivity contribution in [2.75, 3.05) is 0 Å². The van der Waals surface area contributed by atoms with Crippen molar-refractivity contribution in [1.29, 1.82) is 0 Å². The summed E-state index contributed by atoms with van der Waals surface area (Å²) in [6, 6.07) is 0.0162. The van der Waals surface area contributed by atoms with Crippen LogP contribution in [-0.2, 0) is 19.2 Å². The van der Waals surface area contributed by atoms with Gasteiger partial charge in [-0.25, -0.2) is 0 Å². The molecule has 2 heterocycles. The molecule has 5 aliphatic carbocycles. The van der Waals surface area contributed by atoms with Crippen LogP contribution in [0, 0.1) is 35.5 Å². The molecule has 0 N–H and O–H groups in total. The van der Waals surface area contributed by atoms with Crippen LogP contribution in [0.4, 0.5) is 0 Å². The second-order valence-corrected chi connectivity index (χ2v) is 10.3. The Bertz CT molecular complexity index is 726. The highest BCUT2D eigenvalue weighted by Crippen LogP contribution is 2.58. The normalized spacial score (nSPS) is 41.7. The van der Waals surface area contributed by atoms with E-state index in [9.17, 15) is 19.2 Å². The Hall–Kier alpha value is -1.98. The average Bonchev–Trinajstić information content (AvgIpc) is 3.22. The average molecular weight is 411 g/mol. The molecule has 30 heavy (non-hydrogen) atoms. The number of carbonyl (C=O) groups is 4. The first-order valence-electron chi connectivity index (χ1n) is 12.0. The number of amides is 4. The molecule has 0 radical (unpaired) electrons. The minimum absolute atomic E-state index is 0.00808. The monoisotopic (exact) mass is 410 g/mol. The van der Waals surface area contributed by atoms with E-state index in [0.717, 1.165) is 64.2 Å². The Morgan fingerprint density at radius 3 is 1.10 bits per heavy atom. The topological polar surface area (TPSA) is 74.8 Å². The largest absolute Gasteiger partial charge is 0.279 e. The van der Waals surface area contributed by atoms with E-state index in [1.54, 1.807) is 9.80 Å². The standard InChI is InChI=1S/C24H30N2O4/c27-21-17-15-11-12-16(18(17)22(28)25(21)13-7-3-1-4-8-13)20-19(15)23(29)26(24(20)30)14-9-5-2-6-10-14/h11-20H,1-10H2/t15?,16?,17-,18+,19-,20+. The molecular weight excluding hydrogens is 380 g/mol. The highest BCUT2D eigenvalue weighted by Gasteiger charge is 2.69. The molecule has 5 fully saturated rings. The van der Waals surface area contributed by atoms with E-state index in [1.165, 1.54) is 0 Å². The minimum Gasteiger partial charge on any atom is -0.279 e. The molecule has 4 amide bonds. The van der Waals surface area contributed by atoms with Crippen LogP contribution < -0.4 is 0 Å². The van der Waals surface area contributed by atoms with Gasteiger partial charge in [-0.05, 0) is 25.7 Å². The molecule has 0 aromatic rings. The van der Waals surface area contributed by atoms with Crippen LogP contribution in [0.3, 0.4) is 0 Å². The third-order valence-electron chi connectivity index (χ3n) is 8.96. The van der Waals surface area contributed by atoms with Crippen LogP contribution in [0.2, 0.25) is 0 Å². The van der Waals surface area contributed by atoms with Crippen molar-refractivity contribution in [3.63, 3.8) is 0 Å². The van der Waals surface area contributed by atoms with Gasteiger partial charge in [0.15, 0.2) is 0 Å². The number of nitrogens with zero attached hydrogens (tertiary/aromatic N) is 2. The van der Waals surface area contributed by atoms with Gasteiger partial charge in [-0.3, -0.25) is 29.0 Å². The van der Waals surface area contributed by atoms with Gasteiger partial charge in [-0.2, -0.15) is 0 Å². The van der Waals surface area contributed by atoms with Crippen molar-refractivity contribution >= 4 is 23.6 Å². The summed E-state index contributed by atoms with van der Waals surface area (Å²) < 4.78 is 0. The smallest absolute Gasteiger partial charge is 0.233 e. The van der Waals surface area contributed by atoms with E-state index in [1.807, 2.05) is 12.2 Å². The van der Waals surface area contributed by atoms with Crippen molar-refractivity contribution < 1.29 is 19.2 Å². The number of hydrogen-bond donors (Lipinski definition) is 0. The molecule has 6 heteroatoms. The maximum absolute atomic E-state index is 13.5. The van der Waals surface area contributed by atoms with Gasteiger partial charge in [0.1, 0.15) is 0 Å². The quantitative estimate of drug-likeness (QED) is 0.518. The lowest BCUT2D eigenvalue weighted by Crippen LogP contribution is -2.50. The second kappa shape index (κ2) is 6.76. The van der Waals surface area contributed by atoms with Gasteiger partial charge in [-0.1, -0.05) is 50.7 Å². The molecule has 0 aromatic carbocycles. The highest BCUT2D eigenvalue weighted by molar-refractivity contribution is 6.11. The van der Waals surface area contributed by atoms with Gasteiger partial charge < -0.3 is 0 Å². The van der Waals surface area contributed by atoms with Crippen molar-refractivity contribution in [2.45, 2.75) is 76.3 Å². The number of carbonyl (C=O) groups excluding carboxylic acids is 4. The lowest BCUT2D eigenvalue weighted by Gasteiger charge is -2.44. The SMILES string of the molecule is O=C1[C@@H]2C3C=CC([C@@H]2C(=O)N1C1CCCCC1)[C@@H]1C(=O)N(C2CCCCC2)C(=O)[C@H]31. The van der Waals surface area contributed by atoms with E-state index in [0.29, 0.717) is 0 Å². The molecule has 7 aliphatic rings. The van der Waals surface area contributed by atoms with Crippen LogP contribution >= 0.6 is 0 Å². The van der Waals surface area contributed by atoms with Gasteiger partial charge in [0.25, 0.3) is 0 Å². The molecule has 2 saturated heterocycles. The minimum atomic E-state index is -0.446. The molecule has 2 aliphatic heterocycles. The van der Waals surface area contributed by atoms with Crippen LogP contribution in [0.5, 0.6) is 0 Å². The van der Waals surface area contributed by atoms with Crippen molar-refractivity contribution in [3.8, 4) is 0 Å². The van der Waals surface area contributed by atoms with Crippen LogP contribution in [0.25, 0.3) is 0 Å². The lowest BCUT2D eigenvalue weighted by molar-refractivity contribution is -0.143. The summed E-state index contributed by atoms with van der Waals surface area (Å²) in [6.07, 6.45) is 14.1. The Morgan fingerprint density at radius 2 is 0.800 bits per heavy atom. The Morgan fingerprint density at radius 1 is 0.500 bits per heavy atom. The Kier molecular flexibility index (Phi) is 4.23. The third-order valence-corrected chi connectivity index (χ3v) is 8.96. The summed E-state index contributed by atoms with van der Waals surface area (Å²) in [5.41, 5.74) is 0. The summed E-state index contributed by atoms with van der Waals surface area (Å²) in [5.74, 6) is -2.70. The molecule has 0 spiro atoms. The fourth-order valence-electron chi connectivity index (χ4n) is 7.67. The van der Waals surface area contributed by atoms with Crippen LogP contribution in [-0.4, -0.2) is 45.5 Å². The van der Waals surface area contributed by atoms with E-state index >= 15 is 0 Å². The van der Waals surface area contributed by atoms with Crippen molar-refractivity contribution in [1.82, 2.24) is 9.80 Å². The van der Waals surface area contributed by atoms with E-state index in [4.69, 9.17) is 0 Å². The van der Waals surface area contributed by atoms with Gasteiger partial charge in [0.2, 0.25) is 23.6 Å². The lowest BCUT2D eigenvalue weighted by atomic mass is 9.54. The number of hydrogen-bond acceptors (Lipinski definition) is 4. The number of rotatable bonds is 2. The summed E-state index contributed by atoms with van der Waals surface area (Å²) in [4.78, 5) is 56.9. The molecule has 3 saturated carbocycles. The maximum atomic E-state index is 13.5. The van der Waals surface area contributed by atoms with Crippen LogP contribution in [0.1, 0.15) is 64.2 Å². The van der Waals surface area contributed by atoms with Crippen molar-refractivity contribution in [3.05, 3.63) is 12.2 Å². The molecule has 0 aromatic heterocycles. The zero-order valence-electron chi connectivity index (χ0n) is 17.4. The fraction of sp³-hybridized carbons (Fsp3) is 0.750. The molecule has 6 nitrogen and oxygen atoms in total. The van der Waals surface area contributed by atoms with Gasteiger partial charge in [0.05, 0.1) is 23.7 Å². The molecule has 4 atom stereocenters. The zero-order valence-corrected chi connectivity index (χ0v) is 17.4. The Balaban J connectivity index is 1.33. The molecule has 7 rings (SSSR count). The van der Waals surface area contributed by atoms with E-state index in [2.05, 4.69) is 0 Å². The van der Waals surface area contributed by atoms with Gasteiger partial charge >= 0.3 is 0 Å². The summed E-state index contributed by atoms with van der Waals surface area (Å²) >= 11 is 0. The zero-order chi connectivity index (χ0) is 20.6. The number of likely N-dealkylation sites (tertiary alicyclic amines) is 2. The third kappa shape index (κ3) is 2.36. The molecular formula is C24H30N2O4. The fourth-order valence-corrected chi connectivity index (χ4v) is 7.67. The van der Waals surface area contributed by atoms with Crippen molar-refractivity contribution in [2.24, 2.45) is 35.5 Å². The predicted molar refractivity (Wildman–Crippen MR) is 108 cm³/mol. The Labute approximate surface area is 177 Å². The maximum Gasteiger partial charge on any atom is 0.233 e. The summed E-state index contributed by atoms with van der Waals surface area (Å²) in [6.45, 7) is 0. The molecule has 160 valence electrons. The van der Waals surface area contributed by atoms with E-state index in [-0.39, 0.29) is 47.5 Å². The summed E-state index contributed by atoms with van der Waals surface area (Å²) in [7, 11) is 0. The first kappa shape index (κ1) is 18.8.